The highest BCUT2D eigenvalue weighted by Gasteiger charge is 2.53. The Labute approximate surface area is 208 Å². The Bertz CT molecular complexity index is 1140. The van der Waals surface area contributed by atoms with Crippen LogP contribution in [-0.2, 0) is 24.0 Å². The van der Waals surface area contributed by atoms with Gasteiger partial charge in [0.05, 0.1) is 32.3 Å². The van der Waals surface area contributed by atoms with Crippen molar-refractivity contribution in [3.8, 4) is 0 Å². The molecule has 3 amide bonds. The predicted octanol–water partition coefficient (Wildman–Crippen LogP) is -3.01. The van der Waals surface area contributed by atoms with Crippen LogP contribution >= 0.6 is 23.3 Å². The van der Waals surface area contributed by atoms with E-state index in [0.717, 1.165) is 16.4 Å². The molecule has 16 heteroatoms. The summed E-state index contributed by atoms with van der Waals surface area (Å²) in [5.74, 6) is -3.17. The van der Waals surface area contributed by atoms with Crippen molar-refractivity contribution in [2.75, 3.05) is 45.8 Å². The van der Waals surface area contributed by atoms with Crippen molar-refractivity contribution in [2.24, 2.45) is 10.9 Å². The number of fused-ring (bicyclic) bond motifs is 1. The highest BCUT2D eigenvalue weighted by atomic mass is 32.2. The second-order valence-corrected chi connectivity index (χ2v) is 10.1. The third-order valence-electron chi connectivity index (χ3n) is 5.03. The van der Waals surface area contributed by atoms with Crippen molar-refractivity contribution in [2.45, 2.75) is 11.4 Å². The second-order valence-electron chi connectivity index (χ2n) is 8.25. The number of quaternary nitrogens is 1. The number of β-lactam (4-membered cyclic amide) rings is 1. The number of thioether (sulfide) groups is 1. The Hall–Kier alpha value is -3.50. The molecule has 1 saturated heterocycles. The molecule has 0 saturated carbocycles. The lowest BCUT2D eigenvalue weighted by atomic mass is 10.0. The van der Waals surface area contributed by atoms with Crippen molar-refractivity contribution in [3.05, 3.63) is 29.2 Å². The maximum absolute atomic E-state index is 12.8. The number of hydrogen-bond donors (Lipinski definition) is 3. The standard InChI is InChI=1S/C19H24N8O6S2/c1-27(2,7-10(20)28)6-4-5-9-8-34-17-12(16(30)26(17)13(9)18(31)32)22-15(29)11(24-33-3)14-23-19(21)35-25-14/h4-5,12,17H,6-8H2,1-3H3,(H5-,20,21,22,23,25,28,29,31,32)/b5-4+,24-11-/t12-,17+/m1/s1. The van der Waals surface area contributed by atoms with Crippen LogP contribution < -0.4 is 21.9 Å². The number of aromatic nitrogens is 2. The molecule has 2 aliphatic rings. The number of oxime groups is 1. The molecule has 3 heterocycles. The van der Waals surface area contributed by atoms with E-state index in [2.05, 4.69) is 24.7 Å². The molecule has 1 aromatic heterocycles. The van der Waals surface area contributed by atoms with Gasteiger partial charge < -0.3 is 36.0 Å². The maximum atomic E-state index is 12.8. The van der Waals surface area contributed by atoms with Gasteiger partial charge in [-0.25, -0.2) is 0 Å². The minimum atomic E-state index is -1.51. The monoisotopic (exact) mass is 524 g/mol. The third-order valence-corrected chi connectivity index (χ3v) is 6.88. The SMILES string of the molecule is CO/N=C(\C(=O)N[C@@H]1C(=O)N2C(C(=O)[O-])=C(/C=C/C[N+](C)(C)CC(N)=O)CS[C@@H]12)c1nsc(N)n1. The molecule has 0 bridgehead atoms. The average Bonchev–Trinajstić information content (AvgIpc) is 3.19. The molecule has 0 aromatic carbocycles. The number of nitrogen functional groups attached to an aromatic ring is 1. The zero-order valence-corrected chi connectivity index (χ0v) is 20.7. The van der Waals surface area contributed by atoms with Gasteiger partial charge in [-0.2, -0.15) is 9.36 Å². The van der Waals surface area contributed by atoms with E-state index in [0.29, 0.717) is 12.1 Å². The molecular formula is C19H24N8O6S2. The predicted molar refractivity (Wildman–Crippen MR) is 125 cm³/mol. The van der Waals surface area contributed by atoms with E-state index in [4.69, 9.17) is 11.5 Å². The molecule has 0 unspecified atom stereocenters. The molecule has 2 aliphatic heterocycles. The van der Waals surface area contributed by atoms with Gasteiger partial charge >= 0.3 is 0 Å². The van der Waals surface area contributed by atoms with Crippen LogP contribution in [0.3, 0.4) is 0 Å². The molecule has 3 rings (SSSR count). The fourth-order valence-corrected chi connectivity index (χ4v) is 5.30. The van der Waals surface area contributed by atoms with E-state index >= 15 is 0 Å². The Morgan fingerprint density at radius 3 is 2.69 bits per heavy atom. The zero-order valence-electron chi connectivity index (χ0n) is 19.1. The summed E-state index contributed by atoms with van der Waals surface area (Å²) < 4.78 is 4.19. The minimum Gasteiger partial charge on any atom is -0.543 e. The lowest BCUT2D eigenvalue weighted by molar-refractivity contribution is -0.876. The van der Waals surface area contributed by atoms with Gasteiger partial charge in [-0.3, -0.25) is 19.3 Å². The molecule has 5 N–H and O–H groups in total. The lowest BCUT2D eigenvalue weighted by Gasteiger charge is -2.50. The summed E-state index contributed by atoms with van der Waals surface area (Å²) in [5, 5.41) is 17.5. The number of aliphatic carboxylic acids is 1. The molecular weight excluding hydrogens is 500 g/mol. The smallest absolute Gasteiger partial charge is 0.278 e. The fourth-order valence-electron chi connectivity index (χ4n) is 3.54. The lowest BCUT2D eigenvalue weighted by Crippen LogP contribution is -2.71. The minimum absolute atomic E-state index is 0.0628. The molecule has 0 spiro atoms. The number of amides is 3. The van der Waals surface area contributed by atoms with Gasteiger partial charge in [0, 0.05) is 17.3 Å². The number of anilines is 1. The Morgan fingerprint density at radius 1 is 1.40 bits per heavy atom. The molecule has 14 nitrogen and oxygen atoms in total. The van der Waals surface area contributed by atoms with Crippen molar-refractivity contribution in [1.82, 2.24) is 19.6 Å². The van der Waals surface area contributed by atoms with Gasteiger partial charge in [-0.15, -0.1) is 11.8 Å². The number of likely N-dealkylation sites (N-methyl/N-ethyl adjacent to an activating group) is 1. The first-order valence-corrected chi connectivity index (χ1v) is 11.9. The second kappa shape index (κ2) is 10.4. The van der Waals surface area contributed by atoms with Crippen LogP contribution in [0.5, 0.6) is 0 Å². The number of hydrogen-bond acceptors (Lipinski definition) is 12. The number of primary amides is 1. The van der Waals surface area contributed by atoms with E-state index in [-0.39, 0.29) is 39.1 Å². The van der Waals surface area contributed by atoms with Crippen LogP contribution in [0, 0.1) is 0 Å². The number of rotatable bonds is 10. The van der Waals surface area contributed by atoms with Crippen LogP contribution in [-0.4, -0.2) is 99.6 Å². The van der Waals surface area contributed by atoms with E-state index < -0.39 is 35.1 Å². The van der Waals surface area contributed by atoms with Gasteiger partial charge in [0.2, 0.25) is 11.5 Å². The third kappa shape index (κ3) is 5.77. The average molecular weight is 525 g/mol. The van der Waals surface area contributed by atoms with Crippen LogP contribution in [0.4, 0.5) is 5.13 Å². The summed E-state index contributed by atoms with van der Waals surface area (Å²) in [6, 6.07) is -1.00. The van der Waals surface area contributed by atoms with Crippen LogP contribution in [0.15, 0.2) is 28.6 Å². The molecule has 188 valence electrons. The van der Waals surface area contributed by atoms with E-state index in [1.54, 1.807) is 26.2 Å². The number of carbonyl (C=O) groups excluding carboxylic acids is 4. The van der Waals surface area contributed by atoms with E-state index in [1.165, 1.54) is 18.9 Å². The number of nitrogens with one attached hydrogen (secondary N) is 1. The summed E-state index contributed by atoms with van der Waals surface area (Å²) >= 11 is 2.14. The Kier molecular flexibility index (Phi) is 7.76. The molecule has 2 atom stereocenters. The van der Waals surface area contributed by atoms with E-state index in [1.807, 2.05) is 0 Å². The van der Waals surface area contributed by atoms with Gasteiger partial charge in [-0.05, 0) is 11.6 Å². The maximum Gasteiger partial charge on any atom is 0.278 e. The quantitative estimate of drug-likeness (QED) is 0.122. The van der Waals surface area contributed by atoms with Gasteiger partial charge in [0.1, 0.15) is 18.5 Å². The van der Waals surface area contributed by atoms with Crippen molar-refractivity contribution in [1.29, 1.82) is 0 Å². The van der Waals surface area contributed by atoms with Crippen molar-refractivity contribution in [3.63, 3.8) is 0 Å². The molecule has 35 heavy (non-hydrogen) atoms. The number of nitrogens with zero attached hydrogens (tertiary/aromatic N) is 5. The summed E-state index contributed by atoms with van der Waals surface area (Å²) in [7, 11) is 4.84. The van der Waals surface area contributed by atoms with Crippen LogP contribution in [0.1, 0.15) is 5.82 Å². The fraction of sp³-hybridized carbons (Fsp3) is 0.421. The number of carboxylic acid groups (broad SMARTS) is 1. The Morgan fingerprint density at radius 2 is 2.11 bits per heavy atom. The highest BCUT2D eigenvalue weighted by Crippen LogP contribution is 2.40. The van der Waals surface area contributed by atoms with Gasteiger partial charge in [0.15, 0.2) is 11.7 Å². The number of allylic oxidation sites excluding steroid dienone is 1. The summed E-state index contributed by atoms with van der Waals surface area (Å²) in [6.45, 7) is 0.515. The topological polar surface area (TPSA) is 206 Å². The molecule has 1 aromatic rings. The van der Waals surface area contributed by atoms with Crippen LogP contribution in [0.2, 0.25) is 0 Å². The highest BCUT2D eigenvalue weighted by molar-refractivity contribution is 8.00. The van der Waals surface area contributed by atoms with Gasteiger partial charge in [0.25, 0.3) is 17.7 Å². The van der Waals surface area contributed by atoms with Crippen molar-refractivity contribution < 1.29 is 33.6 Å². The number of carboxylic acids is 1. The van der Waals surface area contributed by atoms with E-state index in [9.17, 15) is 24.3 Å². The largest absolute Gasteiger partial charge is 0.543 e. The number of nitrogens with two attached hydrogens (primary N) is 2. The van der Waals surface area contributed by atoms with Crippen LogP contribution in [0.25, 0.3) is 0 Å². The summed E-state index contributed by atoms with van der Waals surface area (Å²) in [6.07, 6.45) is 3.31. The zero-order chi connectivity index (χ0) is 25.9. The van der Waals surface area contributed by atoms with Gasteiger partial charge in [-0.1, -0.05) is 11.2 Å². The molecule has 1 fully saturated rings. The number of carbonyl (C=O) groups is 4. The molecule has 0 radical (unpaired) electrons. The first kappa shape index (κ1) is 26.1. The van der Waals surface area contributed by atoms with Crippen molar-refractivity contribution >= 4 is 57.8 Å². The normalized spacial score (nSPS) is 20.5. The first-order chi connectivity index (χ1) is 16.4. The first-order valence-electron chi connectivity index (χ1n) is 10.1. The summed E-state index contributed by atoms with van der Waals surface area (Å²) in [4.78, 5) is 58.3. The Balaban J connectivity index is 1.75. The summed E-state index contributed by atoms with van der Waals surface area (Å²) in [5.41, 5.74) is 10.7. The molecule has 0 aliphatic carbocycles.